The van der Waals surface area contributed by atoms with Crippen LogP contribution in [-0.2, 0) is 9.53 Å². The van der Waals surface area contributed by atoms with Gasteiger partial charge in [0.1, 0.15) is 0 Å². The number of rotatable bonds is 5. The van der Waals surface area contributed by atoms with E-state index in [2.05, 4.69) is 41.8 Å². The highest BCUT2D eigenvalue weighted by Crippen LogP contribution is 2.32. The van der Waals surface area contributed by atoms with Gasteiger partial charge < -0.3 is 15.4 Å². The van der Waals surface area contributed by atoms with E-state index in [0.29, 0.717) is 11.3 Å². The van der Waals surface area contributed by atoms with E-state index in [1.165, 1.54) is 5.56 Å². The molecule has 2 aromatic carbocycles. The van der Waals surface area contributed by atoms with E-state index in [4.69, 9.17) is 4.74 Å². The molecule has 0 saturated carbocycles. The van der Waals surface area contributed by atoms with Crippen LogP contribution in [0.25, 0.3) is 0 Å². The van der Waals surface area contributed by atoms with Gasteiger partial charge in [-0.15, -0.1) is 0 Å². The van der Waals surface area contributed by atoms with Crippen molar-refractivity contribution in [2.24, 2.45) is 0 Å². The Bertz CT molecular complexity index is 873. The molecule has 0 spiro atoms. The van der Waals surface area contributed by atoms with Gasteiger partial charge in [0.15, 0.2) is 0 Å². The van der Waals surface area contributed by atoms with Crippen LogP contribution >= 0.6 is 11.8 Å². The molecule has 2 amide bonds. The Kier molecular flexibility index (Phi) is 5.86. The zero-order chi connectivity index (χ0) is 19.4. The van der Waals surface area contributed by atoms with E-state index in [-0.39, 0.29) is 12.6 Å². The second-order valence-corrected chi connectivity index (χ2v) is 7.42. The molecular weight excluding hydrogens is 360 g/mol. The number of hydrogen-bond donors (Lipinski definition) is 2. The van der Waals surface area contributed by atoms with Crippen molar-refractivity contribution in [1.82, 2.24) is 10.6 Å². The molecule has 3 rings (SSSR count). The van der Waals surface area contributed by atoms with Gasteiger partial charge in [0.2, 0.25) is 0 Å². The van der Waals surface area contributed by atoms with Crippen LogP contribution in [0.2, 0.25) is 0 Å². The number of urea groups is 1. The molecule has 0 unspecified atom stereocenters. The van der Waals surface area contributed by atoms with Crippen molar-refractivity contribution in [1.29, 1.82) is 0 Å². The normalized spacial score (nSPS) is 16.6. The zero-order valence-corrected chi connectivity index (χ0v) is 16.4. The highest BCUT2D eigenvalue weighted by molar-refractivity contribution is 7.99. The molecule has 0 aliphatic carbocycles. The van der Waals surface area contributed by atoms with Crippen LogP contribution < -0.4 is 10.6 Å². The predicted octanol–water partition coefficient (Wildman–Crippen LogP) is 4.34. The average Bonchev–Trinajstić information content (AvgIpc) is 2.64. The van der Waals surface area contributed by atoms with Crippen molar-refractivity contribution < 1.29 is 14.3 Å². The van der Waals surface area contributed by atoms with Gasteiger partial charge in [-0.3, -0.25) is 0 Å². The van der Waals surface area contributed by atoms with Crippen LogP contribution in [0.15, 0.2) is 69.6 Å². The van der Waals surface area contributed by atoms with Gasteiger partial charge in [0.25, 0.3) is 0 Å². The van der Waals surface area contributed by atoms with E-state index < -0.39 is 12.0 Å². The maximum atomic E-state index is 12.4. The van der Waals surface area contributed by atoms with E-state index in [9.17, 15) is 9.59 Å². The van der Waals surface area contributed by atoms with E-state index in [0.717, 1.165) is 15.4 Å². The number of ether oxygens (including phenoxy) is 1. The lowest BCUT2D eigenvalue weighted by Gasteiger charge is -2.28. The van der Waals surface area contributed by atoms with Crippen molar-refractivity contribution in [3.05, 3.63) is 70.9 Å². The van der Waals surface area contributed by atoms with Gasteiger partial charge in [-0.25, -0.2) is 9.59 Å². The summed E-state index contributed by atoms with van der Waals surface area (Å²) in [6.07, 6.45) is 0. The molecule has 1 aliphatic heterocycles. The maximum Gasteiger partial charge on any atom is 0.338 e. The second kappa shape index (κ2) is 8.31. The fourth-order valence-electron chi connectivity index (χ4n) is 2.89. The van der Waals surface area contributed by atoms with Crippen LogP contribution in [0.1, 0.15) is 31.0 Å². The standard InChI is InChI=1S/C21H22N2O3S/c1-4-26-20(24)18-14(3)22-21(25)23-19(18)15-7-11-17(12-8-15)27-16-9-5-13(2)6-10-16/h5-12,19H,4H2,1-3H3,(H2,22,23,25)/t19-/m1/s1. The zero-order valence-electron chi connectivity index (χ0n) is 15.5. The molecule has 0 aromatic heterocycles. The van der Waals surface area contributed by atoms with Crippen LogP contribution in [0.3, 0.4) is 0 Å². The fourth-order valence-corrected chi connectivity index (χ4v) is 3.71. The number of allylic oxidation sites excluding steroid dienone is 1. The Balaban J connectivity index is 1.83. The van der Waals surface area contributed by atoms with Crippen molar-refractivity contribution in [2.75, 3.05) is 6.61 Å². The largest absolute Gasteiger partial charge is 0.463 e. The maximum absolute atomic E-state index is 12.4. The van der Waals surface area contributed by atoms with Crippen molar-refractivity contribution in [2.45, 2.75) is 36.6 Å². The van der Waals surface area contributed by atoms with Gasteiger partial charge in [-0.1, -0.05) is 41.6 Å². The Morgan fingerprint density at radius 2 is 1.63 bits per heavy atom. The summed E-state index contributed by atoms with van der Waals surface area (Å²) < 4.78 is 5.16. The number of aryl methyl sites for hydroxylation is 1. The minimum Gasteiger partial charge on any atom is -0.463 e. The first-order valence-corrected chi connectivity index (χ1v) is 9.59. The highest BCUT2D eigenvalue weighted by Gasteiger charge is 2.31. The Morgan fingerprint density at radius 3 is 2.22 bits per heavy atom. The van der Waals surface area contributed by atoms with Gasteiger partial charge in [-0.2, -0.15) is 0 Å². The quantitative estimate of drug-likeness (QED) is 0.755. The summed E-state index contributed by atoms with van der Waals surface area (Å²) in [4.78, 5) is 26.5. The lowest BCUT2D eigenvalue weighted by atomic mass is 9.96. The molecule has 5 nitrogen and oxygen atoms in total. The SMILES string of the molecule is CCOC(=O)C1=C(C)NC(=O)N[C@@H]1c1ccc(Sc2ccc(C)cc2)cc1. The Labute approximate surface area is 163 Å². The third kappa shape index (κ3) is 4.52. The summed E-state index contributed by atoms with van der Waals surface area (Å²) in [6, 6.07) is 15.3. The predicted molar refractivity (Wildman–Crippen MR) is 105 cm³/mol. The molecule has 1 atom stereocenters. The number of nitrogens with one attached hydrogen (secondary N) is 2. The van der Waals surface area contributed by atoms with Crippen molar-refractivity contribution in [3.8, 4) is 0 Å². The number of hydrogen-bond acceptors (Lipinski definition) is 4. The first-order valence-electron chi connectivity index (χ1n) is 8.78. The lowest BCUT2D eigenvalue weighted by molar-refractivity contribution is -0.139. The Hall–Kier alpha value is -2.73. The molecule has 0 radical (unpaired) electrons. The Morgan fingerprint density at radius 1 is 1.04 bits per heavy atom. The molecule has 1 heterocycles. The van der Waals surface area contributed by atoms with Crippen molar-refractivity contribution in [3.63, 3.8) is 0 Å². The molecular formula is C21H22N2O3S. The summed E-state index contributed by atoms with van der Waals surface area (Å²) in [5.41, 5.74) is 3.00. The van der Waals surface area contributed by atoms with E-state index in [1.807, 2.05) is 24.3 Å². The number of carbonyl (C=O) groups is 2. The highest BCUT2D eigenvalue weighted by atomic mass is 32.2. The van der Waals surface area contributed by atoms with Gasteiger partial charge in [-0.05, 0) is 50.6 Å². The molecule has 0 bridgehead atoms. The van der Waals surface area contributed by atoms with E-state index in [1.54, 1.807) is 25.6 Å². The first-order chi connectivity index (χ1) is 13.0. The monoisotopic (exact) mass is 382 g/mol. The molecule has 2 N–H and O–H groups in total. The van der Waals surface area contributed by atoms with Crippen LogP contribution in [0.5, 0.6) is 0 Å². The minimum atomic E-state index is -0.531. The molecule has 2 aromatic rings. The van der Waals surface area contributed by atoms with Crippen LogP contribution in [0, 0.1) is 6.92 Å². The third-order valence-corrected chi connectivity index (χ3v) is 5.25. The minimum absolute atomic E-state index is 0.280. The number of esters is 1. The molecule has 6 heteroatoms. The van der Waals surface area contributed by atoms with Crippen LogP contribution in [-0.4, -0.2) is 18.6 Å². The second-order valence-electron chi connectivity index (χ2n) is 6.27. The summed E-state index contributed by atoms with van der Waals surface area (Å²) in [5.74, 6) is -0.425. The number of carbonyl (C=O) groups excluding carboxylic acids is 2. The summed E-state index contributed by atoms with van der Waals surface area (Å²) in [7, 11) is 0. The summed E-state index contributed by atoms with van der Waals surface area (Å²) in [5, 5.41) is 5.45. The molecule has 27 heavy (non-hydrogen) atoms. The fraction of sp³-hybridized carbons (Fsp3) is 0.238. The summed E-state index contributed by atoms with van der Waals surface area (Å²) >= 11 is 1.66. The third-order valence-electron chi connectivity index (χ3n) is 4.23. The van der Waals surface area contributed by atoms with Gasteiger partial charge in [0, 0.05) is 15.5 Å². The topological polar surface area (TPSA) is 67.4 Å². The first kappa shape index (κ1) is 19.0. The van der Waals surface area contributed by atoms with Crippen molar-refractivity contribution >= 4 is 23.8 Å². The lowest BCUT2D eigenvalue weighted by Crippen LogP contribution is -2.45. The van der Waals surface area contributed by atoms with Gasteiger partial charge >= 0.3 is 12.0 Å². The van der Waals surface area contributed by atoms with Gasteiger partial charge in [0.05, 0.1) is 18.2 Å². The molecule has 1 aliphatic rings. The average molecular weight is 382 g/mol. The molecule has 140 valence electrons. The van der Waals surface area contributed by atoms with Crippen LogP contribution in [0.4, 0.5) is 4.79 Å². The number of benzene rings is 2. The summed E-state index contributed by atoms with van der Waals surface area (Å²) in [6.45, 7) is 5.81. The number of amides is 2. The van der Waals surface area contributed by atoms with E-state index >= 15 is 0 Å². The molecule has 0 saturated heterocycles. The smallest absolute Gasteiger partial charge is 0.338 e. The molecule has 0 fully saturated rings.